The molecule has 1 saturated carbocycles. The van der Waals surface area contributed by atoms with Gasteiger partial charge in [0.2, 0.25) is 5.91 Å². The Balaban J connectivity index is 1.96. The number of aromatic nitrogens is 2. The minimum atomic E-state index is -0.225. The van der Waals surface area contributed by atoms with Gasteiger partial charge >= 0.3 is 0 Å². The van der Waals surface area contributed by atoms with Crippen LogP contribution in [-0.4, -0.2) is 21.0 Å². The van der Waals surface area contributed by atoms with Crippen LogP contribution in [0.1, 0.15) is 45.4 Å². The topological polar surface area (TPSA) is 72.9 Å². The molecule has 1 aliphatic carbocycles. The third-order valence-corrected chi connectivity index (χ3v) is 3.56. The first kappa shape index (κ1) is 13.9. The van der Waals surface area contributed by atoms with Crippen molar-refractivity contribution in [3.05, 3.63) is 24.0 Å². The van der Waals surface area contributed by atoms with Crippen LogP contribution >= 0.6 is 0 Å². The molecule has 1 aliphatic rings. The zero-order valence-electron chi connectivity index (χ0n) is 12.8. The Morgan fingerprint density at radius 1 is 1.43 bits per heavy atom. The molecule has 0 aliphatic heterocycles. The predicted octanol–water partition coefficient (Wildman–Crippen LogP) is 2.41. The van der Waals surface area contributed by atoms with Crippen molar-refractivity contribution in [2.24, 2.45) is 0 Å². The van der Waals surface area contributed by atoms with Gasteiger partial charge in [0.25, 0.3) is 0 Å². The number of nitrogen functional groups attached to an aromatic ring is 1. The van der Waals surface area contributed by atoms with Crippen molar-refractivity contribution in [2.45, 2.75) is 51.6 Å². The Morgan fingerprint density at radius 3 is 2.76 bits per heavy atom. The summed E-state index contributed by atoms with van der Waals surface area (Å²) in [4.78, 5) is 16.9. The molecular formula is C16H22N4O. The van der Waals surface area contributed by atoms with Crippen LogP contribution in [0.2, 0.25) is 0 Å². The number of hydrogen-bond donors (Lipinski definition) is 2. The highest BCUT2D eigenvalue weighted by Crippen LogP contribution is 2.40. The summed E-state index contributed by atoms with van der Waals surface area (Å²) in [6.45, 7) is 6.27. The molecule has 0 radical (unpaired) electrons. The van der Waals surface area contributed by atoms with Gasteiger partial charge < -0.3 is 15.6 Å². The number of nitrogens with two attached hydrogens (primary N) is 1. The molecule has 0 bridgehead atoms. The molecule has 5 heteroatoms. The molecular weight excluding hydrogens is 264 g/mol. The predicted molar refractivity (Wildman–Crippen MR) is 84.0 cm³/mol. The second kappa shape index (κ2) is 4.76. The van der Waals surface area contributed by atoms with Crippen LogP contribution in [0.5, 0.6) is 0 Å². The van der Waals surface area contributed by atoms with Gasteiger partial charge in [0.15, 0.2) is 0 Å². The number of anilines is 1. The van der Waals surface area contributed by atoms with Crippen molar-refractivity contribution in [3.8, 4) is 0 Å². The fraction of sp³-hybridized carbons (Fsp3) is 0.500. The van der Waals surface area contributed by atoms with Crippen LogP contribution in [0.25, 0.3) is 11.0 Å². The molecule has 2 aromatic rings. The SMILES string of the molecule is CC(C)(C)NC(=O)Cn1c(C2CC2)nc2cc(N)ccc21. The van der Waals surface area contributed by atoms with Gasteiger partial charge in [0.1, 0.15) is 12.4 Å². The van der Waals surface area contributed by atoms with E-state index in [9.17, 15) is 4.79 Å². The van der Waals surface area contributed by atoms with E-state index in [1.807, 2.05) is 43.5 Å². The summed E-state index contributed by atoms with van der Waals surface area (Å²) < 4.78 is 2.04. The number of amides is 1. The van der Waals surface area contributed by atoms with E-state index in [1.54, 1.807) is 0 Å². The molecule has 1 aromatic carbocycles. The second-order valence-corrected chi connectivity index (χ2v) is 6.88. The van der Waals surface area contributed by atoms with Crippen LogP contribution in [0, 0.1) is 0 Å². The third-order valence-electron chi connectivity index (χ3n) is 3.56. The van der Waals surface area contributed by atoms with E-state index in [1.165, 1.54) is 0 Å². The minimum Gasteiger partial charge on any atom is -0.399 e. The summed E-state index contributed by atoms with van der Waals surface area (Å²) in [6.07, 6.45) is 2.30. The van der Waals surface area contributed by atoms with Gasteiger partial charge in [-0.25, -0.2) is 4.98 Å². The maximum Gasteiger partial charge on any atom is 0.240 e. The molecule has 1 amide bonds. The Morgan fingerprint density at radius 2 is 2.14 bits per heavy atom. The normalized spacial score (nSPS) is 15.4. The van der Waals surface area contributed by atoms with Gasteiger partial charge in [0.05, 0.1) is 11.0 Å². The van der Waals surface area contributed by atoms with Crippen molar-refractivity contribution in [1.29, 1.82) is 0 Å². The highest BCUT2D eigenvalue weighted by Gasteiger charge is 2.30. The average molecular weight is 286 g/mol. The van der Waals surface area contributed by atoms with Gasteiger partial charge in [-0.15, -0.1) is 0 Å². The first-order chi connectivity index (χ1) is 9.83. The lowest BCUT2D eigenvalue weighted by Crippen LogP contribution is -2.42. The van der Waals surface area contributed by atoms with Crippen molar-refractivity contribution in [2.75, 3.05) is 5.73 Å². The zero-order valence-corrected chi connectivity index (χ0v) is 12.8. The highest BCUT2D eigenvalue weighted by molar-refractivity contribution is 5.83. The van der Waals surface area contributed by atoms with Crippen LogP contribution < -0.4 is 11.1 Å². The summed E-state index contributed by atoms with van der Waals surface area (Å²) in [5.41, 5.74) is 8.17. The number of imidazole rings is 1. The largest absolute Gasteiger partial charge is 0.399 e. The molecule has 0 spiro atoms. The van der Waals surface area contributed by atoms with Gasteiger partial charge in [-0.05, 0) is 51.8 Å². The van der Waals surface area contributed by atoms with E-state index in [4.69, 9.17) is 5.73 Å². The van der Waals surface area contributed by atoms with Crippen molar-refractivity contribution >= 4 is 22.6 Å². The molecule has 112 valence electrons. The minimum absolute atomic E-state index is 0.0144. The number of fused-ring (bicyclic) bond motifs is 1. The molecule has 0 atom stereocenters. The summed E-state index contributed by atoms with van der Waals surface area (Å²) in [5, 5.41) is 3.01. The fourth-order valence-electron chi connectivity index (χ4n) is 2.59. The van der Waals surface area contributed by atoms with Gasteiger partial charge in [-0.3, -0.25) is 4.79 Å². The number of benzene rings is 1. The molecule has 1 fully saturated rings. The quantitative estimate of drug-likeness (QED) is 0.851. The Bertz CT molecular complexity index is 692. The third kappa shape index (κ3) is 3.01. The number of carbonyl (C=O) groups is 1. The summed E-state index contributed by atoms with van der Waals surface area (Å²) in [6, 6.07) is 5.69. The van der Waals surface area contributed by atoms with E-state index in [0.717, 1.165) is 29.7 Å². The number of rotatable bonds is 3. The van der Waals surface area contributed by atoms with Crippen LogP contribution in [0.4, 0.5) is 5.69 Å². The van der Waals surface area contributed by atoms with E-state index in [0.29, 0.717) is 18.2 Å². The Labute approximate surface area is 124 Å². The molecule has 5 nitrogen and oxygen atoms in total. The Kier molecular flexibility index (Phi) is 3.15. The van der Waals surface area contributed by atoms with Crippen molar-refractivity contribution in [1.82, 2.24) is 14.9 Å². The lowest BCUT2D eigenvalue weighted by Gasteiger charge is -2.21. The molecule has 0 saturated heterocycles. The number of nitrogens with zero attached hydrogens (tertiary/aromatic N) is 2. The maximum absolute atomic E-state index is 12.2. The smallest absolute Gasteiger partial charge is 0.240 e. The molecule has 21 heavy (non-hydrogen) atoms. The molecule has 1 heterocycles. The summed E-state index contributed by atoms with van der Waals surface area (Å²) in [7, 11) is 0. The highest BCUT2D eigenvalue weighted by atomic mass is 16.2. The summed E-state index contributed by atoms with van der Waals surface area (Å²) >= 11 is 0. The van der Waals surface area contributed by atoms with E-state index < -0.39 is 0 Å². The van der Waals surface area contributed by atoms with E-state index >= 15 is 0 Å². The average Bonchev–Trinajstić information content (AvgIpc) is 3.12. The first-order valence-corrected chi connectivity index (χ1v) is 7.40. The van der Waals surface area contributed by atoms with Crippen LogP contribution in [0.3, 0.4) is 0 Å². The fourth-order valence-corrected chi connectivity index (χ4v) is 2.59. The number of carbonyl (C=O) groups excluding carboxylic acids is 1. The van der Waals surface area contributed by atoms with Gasteiger partial charge in [-0.2, -0.15) is 0 Å². The van der Waals surface area contributed by atoms with E-state index in [-0.39, 0.29) is 11.4 Å². The number of nitrogens with one attached hydrogen (secondary N) is 1. The van der Waals surface area contributed by atoms with Crippen molar-refractivity contribution in [3.63, 3.8) is 0 Å². The molecule has 1 aromatic heterocycles. The van der Waals surface area contributed by atoms with Gasteiger partial charge in [0, 0.05) is 17.1 Å². The van der Waals surface area contributed by atoms with Gasteiger partial charge in [-0.1, -0.05) is 0 Å². The van der Waals surface area contributed by atoms with Crippen LogP contribution in [0.15, 0.2) is 18.2 Å². The maximum atomic E-state index is 12.2. The molecule has 3 rings (SSSR count). The summed E-state index contributed by atoms with van der Waals surface area (Å²) in [5.74, 6) is 1.52. The lowest BCUT2D eigenvalue weighted by molar-refractivity contribution is -0.123. The second-order valence-electron chi connectivity index (χ2n) is 6.88. The standard InChI is InChI=1S/C16H22N4O/c1-16(2,3)19-14(21)9-20-13-7-6-11(17)8-12(13)18-15(20)10-4-5-10/h6-8,10H,4-5,9,17H2,1-3H3,(H,19,21). The molecule has 3 N–H and O–H groups in total. The zero-order chi connectivity index (χ0) is 15.2. The Hall–Kier alpha value is -2.04. The number of hydrogen-bond acceptors (Lipinski definition) is 3. The van der Waals surface area contributed by atoms with E-state index in [2.05, 4.69) is 10.3 Å². The van der Waals surface area contributed by atoms with Crippen LogP contribution in [-0.2, 0) is 11.3 Å². The van der Waals surface area contributed by atoms with Crippen molar-refractivity contribution < 1.29 is 4.79 Å². The monoisotopic (exact) mass is 286 g/mol. The lowest BCUT2D eigenvalue weighted by atomic mass is 10.1. The molecule has 0 unspecified atom stereocenters. The first-order valence-electron chi connectivity index (χ1n) is 7.40.